The van der Waals surface area contributed by atoms with Crippen LogP contribution in [0.2, 0.25) is 0 Å². The molecule has 1 atom stereocenters. The number of hydrogen-bond donors (Lipinski definition) is 2. The van der Waals surface area contributed by atoms with Gasteiger partial charge >= 0.3 is 0 Å². The second-order valence-corrected chi connectivity index (χ2v) is 4.50. The molecule has 0 saturated carbocycles. The van der Waals surface area contributed by atoms with E-state index >= 15 is 0 Å². The fourth-order valence-corrected chi connectivity index (χ4v) is 2.38. The lowest BCUT2D eigenvalue weighted by Gasteiger charge is -2.36. The van der Waals surface area contributed by atoms with Crippen LogP contribution < -0.4 is 10.2 Å². The Balaban J connectivity index is 2.23. The number of amides is 1. The highest BCUT2D eigenvalue weighted by atomic mass is 16.3. The number of anilines is 1. The summed E-state index contributed by atoms with van der Waals surface area (Å²) in [6, 6.07) is 3.83. The first-order valence-electron chi connectivity index (χ1n) is 6.32. The zero-order chi connectivity index (χ0) is 13.0. The third-order valence-corrected chi connectivity index (χ3v) is 3.37. The number of carbonyl (C=O) groups is 1. The van der Waals surface area contributed by atoms with Crippen molar-refractivity contribution in [1.29, 1.82) is 0 Å². The van der Waals surface area contributed by atoms with E-state index in [0.717, 1.165) is 31.5 Å². The molecule has 1 amide bonds. The van der Waals surface area contributed by atoms with Crippen molar-refractivity contribution in [2.45, 2.75) is 25.3 Å². The monoisotopic (exact) mass is 249 g/mol. The summed E-state index contributed by atoms with van der Waals surface area (Å²) in [7, 11) is 1.59. The average molecular weight is 249 g/mol. The van der Waals surface area contributed by atoms with Gasteiger partial charge in [0.1, 0.15) is 5.69 Å². The molecule has 1 saturated heterocycles. The van der Waals surface area contributed by atoms with E-state index in [2.05, 4.69) is 15.2 Å². The van der Waals surface area contributed by atoms with E-state index in [-0.39, 0.29) is 18.6 Å². The molecule has 1 fully saturated rings. The van der Waals surface area contributed by atoms with Crippen LogP contribution in [0.5, 0.6) is 0 Å². The standard InChI is InChI=1S/C13H19N3O2/c1-14-13(18)12-8-10(5-6-15-12)16-7-3-2-4-11(16)9-17/h5-6,8,11,17H,2-4,7,9H2,1H3,(H,14,18). The zero-order valence-electron chi connectivity index (χ0n) is 10.6. The Morgan fingerprint density at radius 2 is 2.44 bits per heavy atom. The molecule has 0 radical (unpaired) electrons. The minimum atomic E-state index is -0.186. The van der Waals surface area contributed by atoms with Crippen molar-refractivity contribution in [2.75, 3.05) is 25.1 Å². The summed E-state index contributed by atoms with van der Waals surface area (Å²) in [5.41, 5.74) is 1.37. The third-order valence-electron chi connectivity index (χ3n) is 3.37. The fourth-order valence-electron chi connectivity index (χ4n) is 2.38. The Hall–Kier alpha value is -1.62. The maximum atomic E-state index is 11.6. The first kappa shape index (κ1) is 12.8. The number of aromatic nitrogens is 1. The Morgan fingerprint density at radius 3 is 3.17 bits per heavy atom. The van der Waals surface area contributed by atoms with Gasteiger partial charge in [-0.1, -0.05) is 0 Å². The van der Waals surface area contributed by atoms with E-state index in [1.807, 2.05) is 6.07 Å². The van der Waals surface area contributed by atoms with Gasteiger partial charge in [-0.15, -0.1) is 0 Å². The normalized spacial score (nSPS) is 19.7. The van der Waals surface area contributed by atoms with Crippen LogP contribution in [0.3, 0.4) is 0 Å². The van der Waals surface area contributed by atoms with Gasteiger partial charge in [0.05, 0.1) is 12.6 Å². The molecule has 2 N–H and O–H groups in total. The van der Waals surface area contributed by atoms with E-state index in [9.17, 15) is 9.90 Å². The summed E-state index contributed by atoms with van der Waals surface area (Å²) in [5, 5.41) is 12.0. The molecule has 1 aromatic heterocycles. The Labute approximate surface area is 107 Å². The first-order chi connectivity index (χ1) is 8.76. The van der Waals surface area contributed by atoms with Gasteiger partial charge in [0.2, 0.25) is 0 Å². The van der Waals surface area contributed by atoms with Crippen molar-refractivity contribution < 1.29 is 9.90 Å². The number of nitrogens with one attached hydrogen (secondary N) is 1. The molecule has 1 aliphatic rings. The number of aliphatic hydroxyl groups is 1. The molecular weight excluding hydrogens is 230 g/mol. The van der Waals surface area contributed by atoms with Crippen molar-refractivity contribution in [1.82, 2.24) is 10.3 Å². The lowest BCUT2D eigenvalue weighted by atomic mass is 10.0. The van der Waals surface area contributed by atoms with Crippen LogP contribution in [0.4, 0.5) is 5.69 Å². The minimum absolute atomic E-state index is 0.150. The summed E-state index contributed by atoms with van der Waals surface area (Å²) >= 11 is 0. The fraction of sp³-hybridized carbons (Fsp3) is 0.538. The summed E-state index contributed by atoms with van der Waals surface area (Å²) in [6.07, 6.45) is 4.90. The van der Waals surface area contributed by atoms with Gasteiger partial charge in [0.15, 0.2) is 0 Å². The highest BCUT2D eigenvalue weighted by Crippen LogP contribution is 2.24. The molecule has 0 bridgehead atoms. The molecule has 5 heteroatoms. The number of rotatable bonds is 3. The molecule has 5 nitrogen and oxygen atoms in total. The van der Waals surface area contributed by atoms with Crippen LogP contribution in [-0.2, 0) is 0 Å². The van der Waals surface area contributed by atoms with Crippen LogP contribution in [0.1, 0.15) is 29.8 Å². The molecule has 0 aromatic carbocycles. The van der Waals surface area contributed by atoms with Gasteiger partial charge in [-0.3, -0.25) is 9.78 Å². The summed E-state index contributed by atoms with van der Waals surface area (Å²) in [5.74, 6) is -0.186. The molecule has 2 heterocycles. The average Bonchev–Trinajstić information content (AvgIpc) is 2.46. The van der Waals surface area contributed by atoms with Gasteiger partial charge in [-0.25, -0.2) is 0 Å². The van der Waals surface area contributed by atoms with Crippen molar-refractivity contribution in [3.05, 3.63) is 24.0 Å². The van der Waals surface area contributed by atoms with Crippen LogP contribution in [0.25, 0.3) is 0 Å². The number of hydrogen-bond acceptors (Lipinski definition) is 4. The lowest BCUT2D eigenvalue weighted by Crippen LogP contribution is -2.42. The number of carbonyl (C=O) groups excluding carboxylic acids is 1. The van der Waals surface area contributed by atoms with Gasteiger partial charge < -0.3 is 15.3 Å². The molecule has 98 valence electrons. The van der Waals surface area contributed by atoms with E-state index in [0.29, 0.717) is 5.69 Å². The molecule has 18 heavy (non-hydrogen) atoms. The Morgan fingerprint density at radius 1 is 1.61 bits per heavy atom. The maximum Gasteiger partial charge on any atom is 0.269 e. The second kappa shape index (κ2) is 5.82. The number of nitrogens with zero attached hydrogens (tertiary/aromatic N) is 2. The van der Waals surface area contributed by atoms with Gasteiger partial charge in [0.25, 0.3) is 5.91 Å². The topological polar surface area (TPSA) is 65.5 Å². The van der Waals surface area contributed by atoms with Gasteiger partial charge in [-0.2, -0.15) is 0 Å². The third kappa shape index (κ3) is 2.61. The number of pyridine rings is 1. The van der Waals surface area contributed by atoms with Crippen LogP contribution in [-0.4, -0.2) is 42.2 Å². The predicted octanol–water partition coefficient (Wildman–Crippen LogP) is 0.792. The SMILES string of the molecule is CNC(=O)c1cc(N2CCCCC2CO)ccn1. The second-order valence-electron chi connectivity index (χ2n) is 4.50. The number of piperidine rings is 1. The van der Waals surface area contributed by atoms with E-state index in [4.69, 9.17) is 0 Å². The maximum absolute atomic E-state index is 11.6. The summed E-state index contributed by atoms with van der Waals surface area (Å²) in [6.45, 7) is 1.07. The highest BCUT2D eigenvalue weighted by Gasteiger charge is 2.22. The van der Waals surface area contributed by atoms with Crippen LogP contribution in [0.15, 0.2) is 18.3 Å². The summed E-state index contributed by atoms with van der Waals surface area (Å²) in [4.78, 5) is 17.8. The van der Waals surface area contributed by atoms with Crippen molar-refractivity contribution in [3.63, 3.8) is 0 Å². The molecule has 0 spiro atoms. The van der Waals surface area contributed by atoms with E-state index < -0.39 is 0 Å². The van der Waals surface area contributed by atoms with E-state index in [1.165, 1.54) is 0 Å². The molecule has 1 aromatic rings. The Kier molecular flexibility index (Phi) is 4.15. The van der Waals surface area contributed by atoms with Crippen molar-refractivity contribution in [3.8, 4) is 0 Å². The van der Waals surface area contributed by atoms with Crippen LogP contribution >= 0.6 is 0 Å². The van der Waals surface area contributed by atoms with Crippen molar-refractivity contribution >= 4 is 11.6 Å². The quantitative estimate of drug-likeness (QED) is 0.831. The zero-order valence-corrected chi connectivity index (χ0v) is 10.6. The Bertz CT molecular complexity index is 422. The lowest BCUT2D eigenvalue weighted by molar-refractivity contribution is 0.0958. The molecule has 0 aliphatic carbocycles. The van der Waals surface area contributed by atoms with Crippen LogP contribution in [0, 0.1) is 0 Å². The molecule has 1 unspecified atom stereocenters. The number of aliphatic hydroxyl groups excluding tert-OH is 1. The highest BCUT2D eigenvalue weighted by molar-refractivity contribution is 5.92. The van der Waals surface area contributed by atoms with E-state index in [1.54, 1.807) is 19.3 Å². The minimum Gasteiger partial charge on any atom is -0.394 e. The molecule has 1 aliphatic heterocycles. The first-order valence-corrected chi connectivity index (χ1v) is 6.32. The largest absolute Gasteiger partial charge is 0.394 e. The molecular formula is C13H19N3O2. The van der Waals surface area contributed by atoms with Crippen molar-refractivity contribution in [2.24, 2.45) is 0 Å². The van der Waals surface area contributed by atoms with Gasteiger partial charge in [0, 0.05) is 25.5 Å². The predicted molar refractivity (Wildman–Crippen MR) is 69.7 cm³/mol. The molecule has 2 rings (SSSR count). The smallest absolute Gasteiger partial charge is 0.269 e. The summed E-state index contributed by atoms with van der Waals surface area (Å²) < 4.78 is 0. The van der Waals surface area contributed by atoms with Gasteiger partial charge in [-0.05, 0) is 31.4 Å².